The van der Waals surface area contributed by atoms with Crippen molar-refractivity contribution in [2.45, 2.75) is 39.7 Å². The van der Waals surface area contributed by atoms with Gasteiger partial charge in [0.05, 0.1) is 4.88 Å². The molecule has 1 amide bonds. The van der Waals surface area contributed by atoms with E-state index in [0.29, 0.717) is 5.41 Å². The SMILES string of the molecule is CCC1(CC)CCN(Cc2ccsc2C(=O)NN)C1. The van der Waals surface area contributed by atoms with Crippen LogP contribution >= 0.6 is 11.3 Å². The van der Waals surface area contributed by atoms with Gasteiger partial charge in [-0.1, -0.05) is 13.8 Å². The molecule has 0 unspecified atom stereocenters. The van der Waals surface area contributed by atoms with E-state index in [1.54, 1.807) is 0 Å². The lowest BCUT2D eigenvalue weighted by Gasteiger charge is -2.26. The molecule has 0 radical (unpaired) electrons. The van der Waals surface area contributed by atoms with Crippen LogP contribution in [0.3, 0.4) is 0 Å². The van der Waals surface area contributed by atoms with Crippen LogP contribution in [-0.4, -0.2) is 23.9 Å². The number of thiophene rings is 1. The van der Waals surface area contributed by atoms with Crippen molar-refractivity contribution in [3.63, 3.8) is 0 Å². The van der Waals surface area contributed by atoms with Crippen LogP contribution in [0.2, 0.25) is 0 Å². The molecule has 2 rings (SSSR count). The molecule has 106 valence electrons. The number of nitrogens with two attached hydrogens (primary N) is 1. The summed E-state index contributed by atoms with van der Waals surface area (Å²) in [6.07, 6.45) is 3.74. The summed E-state index contributed by atoms with van der Waals surface area (Å²) in [6, 6.07) is 2.03. The highest BCUT2D eigenvalue weighted by atomic mass is 32.1. The first-order chi connectivity index (χ1) is 9.14. The van der Waals surface area contributed by atoms with Gasteiger partial charge in [-0.05, 0) is 48.2 Å². The molecule has 5 heteroatoms. The minimum atomic E-state index is -0.179. The molecular formula is C14H23N3OS. The van der Waals surface area contributed by atoms with Gasteiger partial charge in [0.25, 0.3) is 5.91 Å². The summed E-state index contributed by atoms with van der Waals surface area (Å²) in [6.45, 7) is 7.69. The number of nitrogens with one attached hydrogen (secondary N) is 1. The van der Waals surface area contributed by atoms with Gasteiger partial charge in [-0.25, -0.2) is 5.84 Å². The Balaban J connectivity index is 2.04. The highest BCUT2D eigenvalue weighted by Gasteiger charge is 2.35. The molecule has 0 aliphatic carbocycles. The molecule has 19 heavy (non-hydrogen) atoms. The molecule has 1 aromatic rings. The molecule has 2 heterocycles. The highest BCUT2D eigenvalue weighted by Crippen LogP contribution is 2.37. The van der Waals surface area contributed by atoms with Crippen molar-refractivity contribution in [2.75, 3.05) is 13.1 Å². The van der Waals surface area contributed by atoms with Crippen LogP contribution in [0, 0.1) is 5.41 Å². The van der Waals surface area contributed by atoms with Crippen molar-refractivity contribution >= 4 is 17.2 Å². The van der Waals surface area contributed by atoms with E-state index in [1.165, 1.54) is 30.6 Å². The lowest BCUT2D eigenvalue weighted by molar-refractivity contribution is 0.0956. The van der Waals surface area contributed by atoms with Crippen molar-refractivity contribution in [1.29, 1.82) is 0 Å². The molecule has 0 atom stereocenters. The molecular weight excluding hydrogens is 258 g/mol. The topological polar surface area (TPSA) is 58.4 Å². The van der Waals surface area contributed by atoms with Gasteiger partial charge in [-0.3, -0.25) is 15.1 Å². The van der Waals surface area contributed by atoms with Gasteiger partial charge in [0, 0.05) is 13.1 Å². The van der Waals surface area contributed by atoms with Crippen LogP contribution in [-0.2, 0) is 6.54 Å². The molecule has 0 bridgehead atoms. The fourth-order valence-electron chi connectivity index (χ4n) is 2.96. The molecule has 1 aliphatic rings. The number of nitrogen functional groups attached to an aromatic ring is 1. The Labute approximate surface area is 118 Å². The maximum atomic E-state index is 11.7. The standard InChI is InChI=1S/C14H23N3OS/c1-3-14(4-2)6-7-17(10-14)9-11-5-8-19-12(11)13(18)16-15/h5,8H,3-4,6-7,9-10,15H2,1-2H3,(H,16,18). The molecule has 4 nitrogen and oxygen atoms in total. The predicted molar refractivity (Wildman–Crippen MR) is 78.9 cm³/mol. The first-order valence-corrected chi connectivity index (χ1v) is 7.81. The number of nitrogens with zero attached hydrogens (tertiary/aromatic N) is 1. The second-order valence-corrected chi connectivity index (χ2v) is 6.33. The molecule has 0 aromatic carbocycles. The molecule has 1 aliphatic heterocycles. The van der Waals surface area contributed by atoms with E-state index >= 15 is 0 Å². The molecule has 1 saturated heterocycles. The number of rotatable bonds is 5. The van der Waals surface area contributed by atoms with Crippen LogP contribution in [0.4, 0.5) is 0 Å². The zero-order valence-corrected chi connectivity index (χ0v) is 12.6. The Bertz CT molecular complexity index is 440. The molecule has 1 fully saturated rings. The van der Waals surface area contributed by atoms with E-state index in [9.17, 15) is 4.79 Å². The summed E-state index contributed by atoms with van der Waals surface area (Å²) >= 11 is 1.46. The van der Waals surface area contributed by atoms with E-state index in [1.807, 2.05) is 11.4 Å². The number of hydrogen-bond donors (Lipinski definition) is 2. The van der Waals surface area contributed by atoms with Gasteiger partial charge >= 0.3 is 0 Å². The van der Waals surface area contributed by atoms with Crippen molar-refractivity contribution in [3.8, 4) is 0 Å². The van der Waals surface area contributed by atoms with Gasteiger partial charge in [0.15, 0.2) is 0 Å². The quantitative estimate of drug-likeness (QED) is 0.495. The van der Waals surface area contributed by atoms with Gasteiger partial charge in [-0.15, -0.1) is 11.3 Å². The average molecular weight is 281 g/mol. The predicted octanol–water partition coefficient (Wildman–Crippen LogP) is 2.36. The fraction of sp³-hybridized carbons (Fsp3) is 0.643. The maximum absolute atomic E-state index is 11.7. The first kappa shape index (κ1) is 14.5. The Morgan fingerprint density at radius 2 is 2.26 bits per heavy atom. The zero-order chi connectivity index (χ0) is 13.9. The molecule has 1 aromatic heterocycles. The van der Waals surface area contributed by atoms with Crippen LogP contribution in [0.15, 0.2) is 11.4 Å². The summed E-state index contributed by atoms with van der Waals surface area (Å²) in [5, 5.41) is 1.96. The van der Waals surface area contributed by atoms with E-state index in [2.05, 4.69) is 24.2 Å². The minimum absolute atomic E-state index is 0.179. The van der Waals surface area contributed by atoms with Crippen molar-refractivity contribution in [3.05, 3.63) is 21.9 Å². The number of carbonyl (C=O) groups excluding carboxylic acids is 1. The van der Waals surface area contributed by atoms with Gasteiger partial charge in [0.2, 0.25) is 0 Å². The Morgan fingerprint density at radius 1 is 1.53 bits per heavy atom. The third kappa shape index (κ3) is 2.99. The van der Waals surface area contributed by atoms with Crippen LogP contribution < -0.4 is 11.3 Å². The van der Waals surface area contributed by atoms with Crippen LogP contribution in [0.1, 0.15) is 48.3 Å². The van der Waals surface area contributed by atoms with Gasteiger partial charge < -0.3 is 0 Å². The second-order valence-electron chi connectivity index (χ2n) is 5.42. The largest absolute Gasteiger partial charge is 0.298 e. The molecule has 3 N–H and O–H groups in total. The smallest absolute Gasteiger partial charge is 0.275 e. The van der Waals surface area contributed by atoms with Crippen molar-refractivity contribution in [2.24, 2.45) is 11.3 Å². The normalized spacial score (nSPS) is 18.7. The second kappa shape index (κ2) is 6.03. The maximum Gasteiger partial charge on any atom is 0.275 e. The number of amides is 1. The average Bonchev–Trinajstić information content (AvgIpc) is 3.06. The summed E-state index contributed by atoms with van der Waals surface area (Å²) in [5.41, 5.74) is 3.80. The summed E-state index contributed by atoms with van der Waals surface area (Å²) in [5.74, 6) is 5.04. The van der Waals surface area contributed by atoms with E-state index in [0.717, 1.165) is 30.1 Å². The Morgan fingerprint density at radius 3 is 2.84 bits per heavy atom. The van der Waals surface area contributed by atoms with Crippen molar-refractivity contribution < 1.29 is 4.79 Å². The first-order valence-electron chi connectivity index (χ1n) is 6.94. The van der Waals surface area contributed by atoms with Crippen LogP contribution in [0.5, 0.6) is 0 Å². The Hall–Kier alpha value is -0.910. The lowest BCUT2D eigenvalue weighted by atomic mass is 9.82. The zero-order valence-electron chi connectivity index (χ0n) is 11.7. The van der Waals surface area contributed by atoms with Crippen LogP contribution in [0.25, 0.3) is 0 Å². The summed E-state index contributed by atoms with van der Waals surface area (Å²) in [4.78, 5) is 14.9. The number of carbonyl (C=O) groups is 1. The lowest BCUT2D eigenvalue weighted by Crippen LogP contribution is -2.31. The third-order valence-electron chi connectivity index (χ3n) is 4.50. The third-order valence-corrected chi connectivity index (χ3v) is 5.45. The summed E-state index contributed by atoms with van der Waals surface area (Å²) < 4.78 is 0. The van der Waals surface area contributed by atoms with Crippen molar-refractivity contribution in [1.82, 2.24) is 10.3 Å². The number of hydrogen-bond acceptors (Lipinski definition) is 4. The summed E-state index contributed by atoms with van der Waals surface area (Å²) in [7, 11) is 0. The Kier molecular flexibility index (Phi) is 4.60. The molecule has 0 spiro atoms. The van der Waals surface area contributed by atoms with E-state index in [-0.39, 0.29) is 5.91 Å². The molecule has 0 saturated carbocycles. The van der Waals surface area contributed by atoms with E-state index < -0.39 is 0 Å². The van der Waals surface area contributed by atoms with E-state index in [4.69, 9.17) is 5.84 Å². The van der Waals surface area contributed by atoms with Gasteiger partial charge in [0.1, 0.15) is 0 Å². The fourth-order valence-corrected chi connectivity index (χ4v) is 3.77. The number of hydrazine groups is 1. The van der Waals surface area contributed by atoms with Gasteiger partial charge in [-0.2, -0.15) is 0 Å². The number of likely N-dealkylation sites (tertiary alicyclic amines) is 1. The highest BCUT2D eigenvalue weighted by molar-refractivity contribution is 7.12. The minimum Gasteiger partial charge on any atom is -0.298 e. The monoisotopic (exact) mass is 281 g/mol.